The van der Waals surface area contributed by atoms with Gasteiger partial charge in [-0.15, -0.1) is 0 Å². The predicted octanol–water partition coefficient (Wildman–Crippen LogP) is 6.45. The number of benzene rings is 1. The Hall–Kier alpha value is -0.820. The van der Waals surface area contributed by atoms with Crippen molar-refractivity contribution in [1.82, 2.24) is 0 Å². The van der Waals surface area contributed by atoms with Crippen LogP contribution in [0.15, 0.2) is 24.3 Å². The van der Waals surface area contributed by atoms with E-state index in [1.165, 1.54) is 49.7 Å². The average Bonchev–Trinajstić information content (AvgIpc) is 2.58. The molecule has 25 heavy (non-hydrogen) atoms. The number of aliphatic hydroxyl groups excluding tert-OH is 1. The molecule has 3 fully saturated rings. The third-order valence-corrected chi connectivity index (χ3v) is 7.64. The first kappa shape index (κ1) is 19.0. The van der Waals surface area contributed by atoms with E-state index in [4.69, 9.17) is 0 Å². The molecule has 1 aromatic rings. The van der Waals surface area contributed by atoms with Crippen LogP contribution in [0.3, 0.4) is 0 Å². The molecule has 0 heterocycles. The van der Waals surface area contributed by atoms with Crippen LogP contribution in [0.5, 0.6) is 0 Å². The fourth-order valence-corrected chi connectivity index (χ4v) is 5.61. The Bertz CT molecular complexity index is 568. The molecule has 4 rings (SSSR count). The van der Waals surface area contributed by atoms with E-state index < -0.39 is 0 Å². The van der Waals surface area contributed by atoms with Crippen molar-refractivity contribution in [3.63, 3.8) is 0 Å². The van der Waals surface area contributed by atoms with Gasteiger partial charge >= 0.3 is 0 Å². The summed E-state index contributed by atoms with van der Waals surface area (Å²) in [5, 5.41) is 10.5. The van der Waals surface area contributed by atoms with Crippen molar-refractivity contribution in [3.05, 3.63) is 35.4 Å². The summed E-state index contributed by atoms with van der Waals surface area (Å²) in [5.74, 6) is 1.81. The molecule has 140 valence electrons. The molecule has 0 saturated heterocycles. The molecule has 1 nitrogen and oxygen atoms in total. The van der Waals surface area contributed by atoms with Crippen molar-refractivity contribution < 1.29 is 5.11 Å². The quantitative estimate of drug-likeness (QED) is 0.565. The highest BCUT2D eigenvalue weighted by Gasteiger charge is 2.58. The zero-order valence-corrected chi connectivity index (χ0v) is 17.0. The minimum atomic E-state index is -0.111. The van der Waals surface area contributed by atoms with Crippen LogP contribution in [0.1, 0.15) is 96.6 Å². The Labute approximate surface area is 155 Å². The van der Waals surface area contributed by atoms with Crippen LogP contribution in [0.25, 0.3) is 0 Å². The molecule has 0 aliphatic heterocycles. The Morgan fingerprint density at radius 3 is 2.24 bits per heavy atom. The van der Waals surface area contributed by atoms with Crippen molar-refractivity contribution in [2.75, 3.05) is 0 Å². The summed E-state index contributed by atoms with van der Waals surface area (Å²) in [6.07, 6.45) is 8.68. The fourth-order valence-electron chi connectivity index (χ4n) is 5.61. The molecule has 1 aromatic carbocycles. The van der Waals surface area contributed by atoms with Gasteiger partial charge in [0.05, 0.1) is 6.10 Å². The number of fused-ring (bicyclic) bond motifs is 2. The SMILES string of the molecule is CCCCCCC(C)(C)c1ccc([C@H]2CC(O)[C@H]3C[C@@H]2C3(C)C)cc1. The van der Waals surface area contributed by atoms with Crippen LogP contribution < -0.4 is 0 Å². The highest BCUT2D eigenvalue weighted by atomic mass is 16.3. The van der Waals surface area contributed by atoms with E-state index in [-0.39, 0.29) is 11.5 Å². The molecule has 1 unspecified atom stereocenters. The van der Waals surface area contributed by atoms with Gasteiger partial charge in [-0.05, 0) is 59.0 Å². The van der Waals surface area contributed by atoms with Gasteiger partial charge in [0.2, 0.25) is 0 Å². The summed E-state index contributed by atoms with van der Waals surface area (Å²) in [4.78, 5) is 0. The highest BCUT2D eigenvalue weighted by molar-refractivity contribution is 5.32. The Morgan fingerprint density at radius 2 is 1.68 bits per heavy atom. The molecule has 0 amide bonds. The monoisotopic (exact) mass is 342 g/mol. The van der Waals surface area contributed by atoms with Gasteiger partial charge in [0.25, 0.3) is 0 Å². The summed E-state index contributed by atoms with van der Waals surface area (Å²) < 4.78 is 0. The minimum absolute atomic E-state index is 0.111. The third kappa shape index (κ3) is 3.54. The molecule has 3 saturated carbocycles. The first-order valence-corrected chi connectivity index (χ1v) is 10.6. The first-order chi connectivity index (χ1) is 11.8. The van der Waals surface area contributed by atoms with E-state index in [2.05, 4.69) is 58.9 Å². The number of hydrogen-bond donors (Lipinski definition) is 1. The molecule has 1 N–H and O–H groups in total. The summed E-state index contributed by atoms with van der Waals surface area (Å²) in [7, 11) is 0. The highest BCUT2D eigenvalue weighted by Crippen LogP contribution is 2.63. The lowest BCUT2D eigenvalue weighted by Gasteiger charge is -2.62. The third-order valence-electron chi connectivity index (χ3n) is 7.64. The maximum Gasteiger partial charge on any atom is 0.0579 e. The van der Waals surface area contributed by atoms with E-state index in [1.807, 2.05) is 0 Å². The zero-order valence-electron chi connectivity index (χ0n) is 17.0. The van der Waals surface area contributed by atoms with Crippen molar-refractivity contribution in [2.45, 2.75) is 97.0 Å². The van der Waals surface area contributed by atoms with Gasteiger partial charge < -0.3 is 5.11 Å². The summed E-state index contributed by atoms with van der Waals surface area (Å²) in [6.45, 7) is 11.8. The van der Waals surface area contributed by atoms with Gasteiger partial charge in [0.15, 0.2) is 0 Å². The Kier molecular flexibility index (Phi) is 5.36. The largest absolute Gasteiger partial charge is 0.393 e. The maximum absolute atomic E-state index is 10.5. The van der Waals surface area contributed by atoms with E-state index in [9.17, 15) is 5.11 Å². The van der Waals surface area contributed by atoms with Crippen LogP contribution in [-0.2, 0) is 5.41 Å². The van der Waals surface area contributed by atoms with Crippen LogP contribution in [-0.4, -0.2) is 11.2 Å². The minimum Gasteiger partial charge on any atom is -0.393 e. The zero-order chi connectivity index (χ0) is 18.2. The van der Waals surface area contributed by atoms with Crippen molar-refractivity contribution in [2.24, 2.45) is 17.3 Å². The lowest BCUT2D eigenvalue weighted by atomic mass is 9.44. The van der Waals surface area contributed by atoms with Crippen molar-refractivity contribution in [3.8, 4) is 0 Å². The molecule has 1 heteroatoms. The lowest BCUT2D eigenvalue weighted by molar-refractivity contribution is -0.152. The lowest BCUT2D eigenvalue weighted by Crippen LogP contribution is -2.57. The molecular weight excluding hydrogens is 304 g/mol. The van der Waals surface area contributed by atoms with E-state index in [1.54, 1.807) is 0 Å². The molecular formula is C24H38O. The molecule has 4 atom stereocenters. The van der Waals surface area contributed by atoms with E-state index in [0.717, 1.165) is 12.3 Å². The number of unbranched alkanes of at least 4 members (excludes halogenated alkanes) is 3. The van der Waals surface area contributed by atoms with Crippen molar-refractivity contribution >= 4 is 0 Å². The summed E-state index contributed by atoms with van der Waals surface area (Å²) in [6, 6.07) is 9.43. The van der Waals surface area contributed by atoms with Crippen LogP contribution in [0.4, 0.5) is 0 Å². The second kappa shape index (κ2) is 7.06. The van der Waals surface area contributed by atoms with E-state index >= 15 is 0 Å². The fraction of sp³-hybridized carbons (Fsp3) is 0.750. The van der Waals surface area contributed by atoms with Gasteiger partial charge in [0.1, 0.15) is 0 Å². The molecule has 0 spiro atoms. The summed E-state index contributed by atoms with van der Waals surface area (Å²) in [5.41, 5.74) is 3.48. The Morgan fingerprint density at radius 1 is 1.00 bits per heavy atom. The number of aliphatic hydroxyl groups is 1. The standard InChI is InChI=1S/C24H38O/c1-6-7-8-9-14-23(2,3)18-12-10-17(11-13-18)19-15-22(25)21-16-20(19)24(21,4)5/h10-13,19-22,25H,6-9,14-16H2,1-5H3/t19-,20+,21-,22?/m1/s1. The second-order valence-corrected chi connectivity index (χ2v) is 10.00. The van der Waals surface area contributed by atoms with Crippen LogP contribution in [0.2, 0.25) is 0 Å². The number of hydrogen-bond acceptors (Lipinski definition) is 1. The van der Waals surface area contributed by atoms with Crippen LogP contribution in [0, 0.1) is 17.3 Å². The van der Waals surface area contributed by atoms with Crippen LogP contribution >= 0.6 is 0 Å². The molecule has 2 bridgehead atoms. The topological polar surface area (TPSA) is 20.2 Å². The molecule has 3 aliphatic carbocycles. The van der Waals surface area contributed by atoms with Gasteiger partial charge in [-0.3, -0.25) is 0 Å². The summed E-state index contributed by atoms with van der Waals surface area (Å²) >= 11 is 0. The second-order valence-electron chi connectivity index (χ2n) is 10.00. The smallest absolute Gasteiger partial charge is 0.0579 e. The first-order valence-electron chi connectivity index (χ1n) is 10.6. The Balaban J connectivity index is 1.68. The van der Waals surface area contributed by atoms with Gasteiger partial charge in [-0.1, -0.05) is 84.6 Å². The molecule has 0 radical (unpaired) electrons. The normalized spacial score (nSPS) is 30.8. The van der Waals surface area contributed by atoms with Gasteiger partial charge in [-0.2, -0.15) is 0 Å². The number of rotatable bonds is 7. The van der Waals surface area contributed by atoms with Gasteiger partial charge in [-0.25, -0.2) is 0 Å². The maximum atomic E-state index is 10.5. The molecule has 0 aromatic heterocycles. The predicted molar refractivity (Wildman–Crippen MR) is 107 cm³/mol. The van der Waals surface area contributed by atoms with Crippen molar-refractivity contribution in [1.29, 1.82) is 0 Å². The van der Waals surface area contributed by atoms with Gasteiger partial charge in [0, 0.05) is 0 Å². The average molecular weight is 343 g/mol. The molecule has 3 aliphatic rings. The van der Waals surface area contributed by atoms with E-state index in [0.29, 0.717) is 17.3 Å².